The fourth-order valence-electron chi connectivity index (χ4n) is 2.86. The fraction of sp³-hybridized carbons (Fsp3) is 0.706. The van der Waals surface area contributed by atoms with E-state index in [4.69, 9.17) is 9.47 Å². The molecule has 0 amide bonds. The van der Waals surface area contributed by atoms with Gasteiger partial charge in [-0.3, -0.25) is 4.98 Å². The molecule has 1 rings (SSSR count). The van der Waals surface area contributed by atoms with Crippen LogP contribution >= 0.6 is 0 Å². The van der Waals surface area contributed by atoms with Crippen molar-refractivity contribution < 1.29 is 9.47 Å². The Kier molecular flexibility index (Phi) is 7.68. The summed E-state index contributed by atoms with van der Waals surface area (Å²) in [5.41, 5.74) is 0.900. The number of hydrogen-bond donors (Lipinski definition) is 1. The van der Waals surface area contributed by atoms with Gasteiger partial charge in [0.25, 0.3) is 0 Å². The van der Waals surface area contributed by atoms with Gasteiger partial charge in [-0.1, -0.05) is 20.8 Å². The third-order valence-corrected chi connectivity index (χ3v) is 3.98. The first-order valence-electron chi connectivity index (χ1n) is 8.06. The molecule has 0 aromatic carbocycles. The Balaban J connectivity index is 3.07. The summed E-state index contributed by atoms with van der Waals surface area (Å²) in [7, 11) is 1.98. The molecule has 0 saturated heterocycles. The van der Waals surface area contributed by atoms with E-state index in [9.17, 15) is 0 Å². The first kappa shape index (κ1) is 17.9. The lowest BCUT2D eigenvalue weighted by Gasteiger charge is -2.39. The van der Waals surface area contributed by atoms with Gasteiger partial charge in [0.15, 0.2) is 0 Å². The minimum absolute atomic E-state index is 0.102. The van der Waals surface area contributed by atoms with Gasteiger partial charge in [0.05, 0.1) is 24.4 Å². The Morgan fingerprint density at radius 2 is 1.90 bits per heavy atom. The van der Waals surface area contributed by atoms with Crippen molar-refractivity contribution >= 4 is 0 Å². The van der Waals surface area contributed by atoms with Gasteiger partial charge in [-0.25, -0.2) is 0 Å². The quantitative estimate of drug-likeness (QED) is 0.714. The summed E-state index contributed by atoms with van der Waals surface area (Å²) >= 11 is 0. The zero-order valence-corrected chi connectivity index (χ0v) is 14.1. The van der Waals surface area contributed by atoms with Crippen LogP contribution in [0.1, 0.15) is 58.6 Å². The van der Waals surface area contributed by atoms with Crippen LogP contribution in [0.4, 0.5) is 0 Å². The number of hydrogen-bond acceptors (Lipinski definition) is 4. The molecule has 4 nitrogen and oxygen atoms in total. The third-order valence-electron chi connectivity index (χ3n) is 3.98. The maximum atomic E-state index is 6.13. The van der Waals surface area contributed by atoms with E-state index in [1.54, 1.807) is 6.20 Å². The summed E-state index contributed by atoms with van der Waals surface area (Å²) in [4.78, 5) is 4.33. The molecule has 0 aliphatic rings. The average Bonchev–Trinajstić information content (AvgIpc) is 2.53. The van der Waals surface area contributed by atoms with Crippen LogP contribution in [0.3, 0.4) is 0 Å². The standard InChI is InChI=1S/C17H30N2O2/c1-6-10-20-15-11-14(12-19-13-15)16(18-5)17(7-2,8-3)21-9-4/h11-13,16,18H,6-10H2,1-5H3. The zero-order valence-electron chi connectivity index (χ0n) is 14.1. The summed E-state index contributed by atoms with van der Waals surface area (Å²) < 4.78 is 11.8. The lowest BCUT2D eigenvalue weighted by atomic mass is 9.84. The predicted octanol–water partition coefficient (Wildman–Crippen LogP) is 3.73. The molecule has 21 heavy (non-hydrogen) atoms. The predicted molar refractivity (Wildman–Crippen MR) is 86.8 cm³/mol. The van der Waals surface area contributed by atoms with Crippen molar-refractivity contribution in [2.75, 3.05) is 20.3 Å². The summed E-state index contributed by atoms with van der Waals surface area (Å²) in [6, 6.07) is 2.17. The van der Waals surface area contributed by atoms with Crippen molar-refractivity contribution in [1.82, 2.24) is 10.3 Å². The normalized spacial score (nSPS) is 13.2. The SMILES string of the molecule is CCCOc1cncc(C(NC)C(CC)(CC)OCC)c1. The summed E-state index contributed by atoms with van der Waals surface area (Å²) in [5, 5.41) is 3.41. The molecule has 1 aromatic rings. The Bertz CT molecular complexity index is 406. The molecule has 1 heterocycles. The molecule has 0 bridgehead atoms. The Labute approximate surface area is 129 Å². The molecule has 1 N–H and O–H groups in total. The van der Waals surface area contributed by atoms with Crippen LogP contribution in [-0.2, 0) is 4.74 Å². The highest BCUT2D eigenvalue weighted by molar-refractivity contribution is 5.28. The molecular weight excluding hydrogens is 264 g/mol. The van der Waals surface area contributed by atoms with Crippen LogP contribution in [0.25, 0.3) is 0 Å². The molecular formula is C17H30N2O2. The van der Waals surface area contributed by atoms with Crippen molar-refractivity contribution in [2.24, 2.45) is 0 Å². The van der Waals surface area contributed by atoms with Crippen molar-refractivity contribution in [3.05, 3.63) is 24.0 Å². The van der Waals surface area contributed by atoms with E-state index in [1.807, 2.05) is 20.2 Å². The highest BCUT2D eigenvalue weighted by atomic mass is 16.5. The number of rotatable bonds is 10. The van der Waals surface area contributed by atoms with E-state index in [-0.39, 0.29) is 11.6 Å². The van der Waals surface area contributed by atoms with Gasteiger partial charge in [0, 0.05) is 12.8 Å². The van der Waals surface area contributed by atoms with Crippen molar-refractivity contribution in [2.45, 2.75) is 58.6 Å². The third kappa shape index (κ3) is 4.42. The van der Waals surface area contributed by atoms with E-state index < -0.39 is 0 Å². The van der Waals surface area contributed by atoms with Crippen molar-refractivity contribution in [3.8, 4) is 5.75 Å². The number of nitrogens with zero attached hydrogens (tertiary/aromatic N) is 1. The van der Waals surface area contributed by atoms with Gasteiger partial charge in [-0.15, -0.1) is 0 Å². The molecule has 0 aliphatic heterocycles. The lowest BCUT2D eigenvalue weighted by Crippen LogP contribution is -2.44. The number of likely N-dealkylation sites (N-methyl/N-ethyl adjacent to an activating group) is 1. The monoisotopic (exact) mass is 294 g/mol. The van der Waals surface area contributed by atoms with Gasteiger partial charge < -0.3 is 14.8 Å². The highest BCUT2D eigenvalue weighted by Gasteiger charge is 2.37. The lowest BCUT2D eigenvalue weighted by molar-refractivity contribution is -0.0718. The Morgan fingerprint density at radius 1 is 1.19 bits per heavy atom. The van der Waals surface area contributed by atoms with E-state index in [0.29, 0.717) is 13.2 Å². The number of nitrogens with one attached hydrogen (secondary N) is 1. The highest BCUT2D eigenvalue weighted by Crippen LogP contribution is 2.35. The largest absolute Gasteiger partial charge is 0.492 e. The minimum Gasteiger partial charge on any atom is -0.492 e. The molecule has 1 aromatic heterocycles. The Hall–Kier alpha value is -1.13. The molecule has 1 unspecified atom stereocenters. The molecule has 0 saturated carbocycles. The van der Waals surface area contributed by atoms with E-state index in [0.717, 1.165) is 30.6 Å². The van der Waals surface area contributed by atoms with Crippen LogP contribution in [0, 0.1) is 0 Å². The molecule has 1 atom stereocenters. The smallest absolute Gasteiger partial charge is 0.137 e. The van der Waals surface area contributed by atoms with Crippen LogP contribution in [-0.4, -0.2) is 30.8 Å². The average molecular weight is 294 g/mol. The Morgan fingerprint density at radius 3 is 2.43 bits per heavy atom. The topological polar surface area (TPSA) is 43.4 Å². The summed E-state index contributed by atoms with van der Waals surface area (Å²) in [5.74, 6) is 0.826. The van der Waals surface area contributed by atoms with Crippen LogP contribution in [0.15, 0.2) is 18.5 Å². The molecule has 0 radical (unpaired) electrons. The number of ether oxygens (including phenoxy) is 2. The van der Waals surface area contributed by atoms with E-state index in [2.05, 4.69) is 37.1 Å². The van der Waals surface area contributed by atoms with Crippen LogP contribution < -0.4 is 10.1 Å². The zero-order chi connectivity index (χ0) is 15.7. The number of pyridine rings is 1. The van der Waals surface area contributed by atoms with E-state index in [1.165, 1.54) is 0 Å². The maximum absolute atomic E-state index is 6.13. The molecule has 0 spiro atoms. The van der Waals surface area contributed by atoms with Crippen LogP contribution in [0.5, 0.6) is 5.75 Å². The van der Waals surface area contributed by atoms with Crippen molar-refractivity contribution in [3.63, 3.8) is 0 Å². The van der Waals surface area contributed by atoms with Gasteiger partial charge in [0.2, 0.25) is 0 Å². The fourth-order valence-corrected chi connectivity index (χ4v) is 2.86. The molecule has 4 heteroatoms. The molecule has 120 valence electrons. The summed E-state index contributed by atoms with van der Waals surface area (Å²) in [6.45, 7) is 9.92. The first-order chi connectivity index (χ1) is 10.2. The summed E-state index contributed by atoms with van der Waals surface area (Å²) in [6.07, 6.45) is 6.56. The second kappa shape index (κ2) is 9.00. The van der Waals surface area contributed by atoms with Gasteiger partial charge in [0.1, 0.15) is 5.75 Å². The second-order valence-electron chi connectivity index (χ2n) is 5.23. The maximum Gasteiger partial charge on any atom is 0.137 e. The van der Waals surface area contributed by atoms with E-state index >= 15 is 0 Å². The second-order valence-corrected chi connectivity index (χ2v) is 5.23. The van der Waals surface area contributed by atoms with Crippen LogP contribution in [0.2, 0.25) is 0 Å². The first-order valence-corrected chi connectivity index (χ1v) is 8.06. The van der Waals surface area contributed by atoms with Crippen molar-refractivity contribution in [1.29, 1.82) is 0 Å². The minimum atomic E-state index is -0.214. The van der Waals surface area contributed by atoms with Gasteiger partial charge >= 0.3 is 0 Å². The van der Waals surface area contributed by atoms with Gasteiger partial charge in [-0.2, -0.15) is 0 Å². The van der Waals surface area contributed by atoms with Gasteiger partial charge in [-0.05, 0) is 44.9 Å². The molecule has 0 aliphatic carbocycles. The molecule has 0 fully saturated rings. The number of aromatic nitrogens is 1.